The Hall–Kier alpha value is -2.60. The SMILES string of the molecule is O=C(Cc1noc2ccccc12)NCCCOCc1ccco1. The van der Waals surface area contributed by atoms with Gasteiger partial charge in [0.05, 0.1) is 12.7 Å². The van der Waals surface area contributed by atoms with Crippen molar-refractivity contribution < 1.29 is 18.5 Å². The van der Waals surface area contributed by atoms with Crippen LogP contribution in [-0.4, -0.2) is 24.2 Å². The zero-order valence-corrected chi connectivity index (χ0v) is 12.7. The number of para-hydroxylation sites is 1. The molecule has 0 aliphatic carbocycles. The van der Waals surface area contributed by atoms with Crippen molar-refractivity contribution >= 4 is 16.9 Å². The summed E-state index contributed by atoms with van der Waals surface area (Å²) in [4.78, 5) is 11.9. The van der Waals surface area contributed by atoms with Crippen LogP contribution in [0.15, 0.2) is 51.6 Å². The second kappa shape index (κ2) is 7.60. The van der Waals surface area contributed by atoms with E-state index in [9.17, 15) is 4.79 Å². The van der Waals surface area contributed by atoms with Gasteiger partial charge in [-0.15, -0.1) is 0 Å². The Morgan fingerprint density at radius 1 is 1.22 bits per heavy atom. The fourth-order valence-electron chi connectivity index (χ4n) is 2.25. The van der Waals surface area contributed by atoms with Gasteiger partial charge in [0.2, 0.25) is 5.91 Å². The van der Waals surface area contributed by atoms with Crippen LogP contribution in [0.1, 0.15) is 17.9 Å². The predicted octanol–water partition coefficient (Wildman–Crippen LogP) is 2.69. The van der Waals surface area contributed by atoms with Gasteiger partial charge in [-0.25, -0.2) is 0 Å². The van der Waals surface area contributed by atoms with Crippen molar-refractivity contribution in [3.63, 3.8) is 0 Å². The number of aromatic nitrogens is 1. The molecule has 0 saturated carbocycles. The molecule has 1 N–H and O–H groups in total. The molecule has 0 fully saturated rings. The van der Waals surface area contributed by atoms with E-state index < -0.39 is 0 Å². The Morgan fingerprint density at radius 2 is 2.13 bits per heavy atom. The zero-order valence-electron chi connectivity index (χ0n) is 12.7. The molecule has 3 rings (SSSR count). The Morgan fingerprint density at radius 3 is 3.00 bits per heavy atom. The molecule has 0 radical (unpaired) electrons. The number of hydrogen-bond acceptors (Lipinski definition) is 5. The molecule has 0 spiro atoms. The molecule has 1 amide bonds. The van der Waals surface area contributed by atoms with Gasteiger partial charge in [0.15, 0.2) is 5.58 Å². The van der Waals surface area contributed by atoms with Crippen LogP contribution in [0.3, 0.4) is 0 Å². The zero-order chi connectivity index (χ0) is 15.9. The Labute approximate surface area is 133 Å². The fourth-order valence-corrected chi connectivity index (χ4v) is 2.25. The van der Waals surface area contributed by atoms with Crippen LogP contribution in [0.5, 0.6) is 0 Å². The van der Waals surface area contributed by atoms with Crippen molar-refractivity contribution in [2.45, 2.75) is 19.4 Å². The van der Waals surface area contributed by atoms with Crippen LogP contribution in [0.25, 0.3) is 11.0 Å². The van der Waals surface area contributed by atoms with Gasteiger partial charge in [-0.2, -0.15) is 0 Å². The van der Waals surface area contributed by atoms with Crippen LogP contribution in [0, 0.1) is 0 Å². The molecule has 3 aromatic rings. The highest BCUT2D eigenvalue weighted by molar-refractivity contribution is 5.86. The first-order chi connectivity index (χ1) is 11.3. The third-order valence-corrected chi connectivity index (χ3v) is 3.39. The molecule has 2 aromatic heterocycles. The van der Waals surface area contributed by atoms with Gasteiger partial charge >= 0.3 is 0 Å². The lowest BCUT2D eigenvalue weighted by Gasteiger charge is -2.04. The van der Waals surface area contributed by atoms with Gasteiger partial charge in [-0.1, -0.05) is 17.3 Å². The van der Waals surface area contributed by atoms with Gasteiger partial charge in [-0.05, 0) is 30.7 Å². The minimum absolute atomic E-state index is 0.0740. The van der Waals surface area contributed by atoms with E-state index in [0.717, 1.165) is 17.6 Å². The Kier molecular flexibility index (Phi) is 5.06. The van der Waals surface area contributed by atoms with E-state index in [1.165, 1.54) is 0 Å². The van der Waals surface area contributed by atoms with E-state index >= 15 is 0 Å². The number of furan rings is 1. The first-order valence-corrected chi connectivity index (χ1v) is 7.53. The number of fused-ring (bicyclic) bond motifs is 1. The number of hydrogen-bond donors (Lipinski definition) is 1. The third kappa shape index (κ3) is 4.20. The van der Waals surface area contributed by atoms with Crippen molar-refractivity contribution in [2.75, 3.05) is 13.2 Å². The highest BCUT2D eigenvalue weighted by Gasteiger charge is 2.11. The minimum atomic E-state index is -0.0740. The highest BCUT2D eigenvalue weighted by atomic mass is 16.5. The van der Waals surface area contributed by atoms with Crippen molar-refractivity contribution in [1.82, 2.24) is 10.5 Å². The number of nitrogens with one attached hydrogen (secondary N) is 1. The van der Waals surface area contributed by atoms with Crippen LogP contribution in [0.2, 0.25) is 0 Å². The van der Waals surface area contributed by atoms with Crippen molar-refractivity contribution in [1.29, 1.82) is 0 Å². The normalized spacial score (nSPS) is 11.0. The first kappa shape index (κ1) is 15.3. The standard InChI is InChI=1S/C17H18N2O4/c20-17(11-15-14-6-1-2-7-16(14)23-19-15)18-8-4-9-21-12-13-5-3-10-22-13/h1-3,5-7,10H,4,8-9,11-12H2,(H,18,20). The van der Waals surface area contributed by atoms with Crippen LogP contribution in [0.4, 0.5) is 0 Å². The highest BCUT2D eigenvalue weighted by Crippen LogP contribution is 2.17. The second-order valence-electron chi connectivity index (χ2n) is 5.14. The molecule has 0 aliphatic rings. The van der Waals surface area contributed by atoms with Gasteiger partial charge in [-0.3, -0.25) is 4.79 Å². The summed E-state index contributed by atoms with van der Waals surface area (Å²) in [5, 5.41) is 7.68. The maximum atomic E-state index is 11.9. The number of benzene rings is 1. The molecule has 0 aliphatic heterocycles. The summed E-state index contributed by atoms with van der Waals surface area (Å²) in [5.74, 6) is 0.724. The third-order valence-electron chi connectivity index (χ3n) is 3.39. The lowest BCUT2D eigenvalue weighted by atomic mass is 10.1. The van der Waals surface area contributed by atoms with E-state index in [0.29, 0.717) is 31.0 Å². The fraction of sp³-hybridized carbons (Fsp3) is 0.294. The number of carbonyl (C=O) groups is 1. The van der Waals surface area contributed by atoms with Gasteiger partial charge < -0.3 is 19.0 Å². The van der Waals surface area contributed by atoms with Crippen molar-refractivity contribution in [3.8, 4) is 0 Å². The summed E-state index contributed by atoms with van der Waals surface area (Å²) in [6.07, 6.45) is 2.57. The van der Waals surface area contributed by atoms with Crippen LogP contribution in [-0.2, 0) is 22.6 Å². The maximum absolute atomic E-state index is 11.9. The molecular weight excluding hydrogens is 296 g/mol. The lowest BCUT2D eigenvalue weighted by molar-refractivity contribution is -0.120. The predicted molar refractivity (Wildman–Crippen MR) is 83.7 cm³/mol. The summed E-state index contributed by atoms with van der Waals surface area (Å²) in [6.45, 7) is 1.58. The summed E-state index contributed by atoms with van der Waals surface area (Å²) in [7, 11) is 0. The molecule has 0 saturated heterocycles. The summed E-state index contributed by atoms with van der Waals surface area (Å²) >= 11 is 0. The molecule has 1 aromatic carbocycles. The van der Waals surface area contributed by atoms with Gasteiger partial charge in [0.25, 0.3) is 0 Å². The molecule has 6 nitrogen and oxygen atoms in total. The molecule has 0 bridgehead atoms. The smallest absolute Gasteiger partial charge is 0.226 e. The largest absolute Gasteiger partial charge is 0.467 e. The number of rotatable bonds is 8. The van der Waals surface area contributed by atoms with E-state index in [4.69, 9.17) is 13.7 Å². The topological polar surface area (TPSA) is 77.5 Å². The first-order valence-electron chi connectivity index (χ1n) is 7.53. The molecule has 23 heavy (non-hydrogen) atoms. The molecule has 0 unspecified atom stereocenters. The van der Waals surface area contributed by atoms with Crippen molar-refractivity contribution in [3.05, 3.63) is 54.1 Å². The quantitative estimate of drug-likeness (QED) is 0.647. The van der Waals surface area contributed by atoms with Gasteiger partial charge in [0.1, 0.15) is 18.1 Å². The molecule has 0 atom stereocenters. The second-order valence-corrected chi connectivity index (χ2v) is 5.14. The lowest BCUT2D eigenvalue weighted by Crippen LogP contribution is -2.27. The van der Waals surface area contributed by atoms with Gasteiger partial charge in [0, 0.05) is 18.5 Å². The Bertz CT molecular complexity index is 749. The van der Waals surface area contributed by atoms with E-state index in [1.54, 1.807) is 6.26 Å². The molecular formula is C17H18N2O4. The van der Waals surface area contributed by atoms with Crippen molar-refractivity contribution in [2.24, 2.45) is 0 Å². The summed E-state index contributed by atoms with van der Waals surface area (Å²) in [6, 6.07) is 11.2. The average Bonchev–Trinajstić information content (AvgIpc) is 3.21. The van der Waals surface area contributed by atoms with Crippen LogP contribution < -0.4 is 5.32 Å². The molecule has 2 heterocycles. The Balaban J connectivity index is 1.35. The minimum Gasteiger partial charge on any atom is -0.467 e. The van der Waals surface area contributed by atoms with Crippen LogP contribution >= 0.6 is 0 Å². The van der Waals surface area contributed by atoms with E-state index in [2.05, 4.69) is 10.5 Å². The van der Waals surface area contributed by atoms with E-state index in [1.807, 2.05) is 36.4 Å². The summed E-state index contributed by atoms with van der Waals surface area (Å²) in [5.41, 5.74) is 1.36. The number of amides is 1. The molecule has 6 heteroatoms. The average molecular weight is 314 g/mol. The number of nitrogens with zero attached hydrogens (tertiary/aromatic N) is 1. The number of carbonyl (C=O) groups excluding carboxylic acids is 1. The number of ether oxygens (including phenoxy) is 1. The van der Waals surface area contributed by atoms with E-state index in [-0.39, 0.29) is 12.3 Å². The monoisotopic (exact) mass is 314 g/mol. The maximum Gasteiger partial charge on any atom is 0.226 e. The molecule has 120 valence electrons. The summed E-state index contributed by atoms with van der Waals surface area (Å²) < 4.78 is 15.8.